The maximum Gasteiger partial charge on any atom is 0.513 e. The first-order valence-corrected chi connectivity index (χ1v) is 7.35. The third-order valence-corrected chi connectivity index (χ3v) is 3.72. The van der Waals surface area contributed by atoms with Crippen LogP contribution in [0.15, 0.2) is 36.4 Å². The van der Waals surface area contributed by atoms with E-state index in [2.05, 4.69) is 9.47 Å². The average molecular weight is 356 g/mol. The van der Waals surface area contributed by atoms with E-state index in [0.717, 1.165) is 14.2 Å². The van der Waals surface area contributed by atoms with Gasteiger partial charge >= 0.3 is 12.3 Å². The molecule has 0 fully saturated rings. The molecule has 3 rings (SSSR count). The summed E-state index contributed by atoms with van der Waals surface area (Å²) in [6.07, 6.45) is -2.12. The van der Waals surface area contributed by atoms with Crippen molar-refractivity contribution in [3.63, 3.8) is 0 Å². The number of carbonyl (C=O) groups is 4. The van der Waals surface area contributed by atoms with Crippen molar-refractivity contribution in [2.24, 2.45) is 0 Å². The number of ether oxygens (including phenoxy) is 4. The summed E-state index contributed by atoms with van der Waals surface area (Å²) in [5.74, 6) is -1.47. The van der Waals surface area contributed by atoms with Crippen molar-refractivity contribution in [2.45, 2.75) is 0 Å². The molecule has 8 heteroatoms. The molecule has 0 bridgehead atoms. The Balaban J connectivity index is 2.23. The molecule has 0 aliphatic heterocycles. The Morgan fingerprint density at radius 2 is 1.08 bits per heavy atom. The summed E-state index contributed by atoms with van der Waals surface area (Å²) in [6.45, 7) is 0. The van der Waals surface area contributed by atoms with Crippen LogP contribution in [-0.4, -0.2) is 38.1 Å². The highest BCUT2D eigenvalue weighted by Crippen LogP contribution is 2.38. The first-order chi connectivity index (χ1) is 12.5. The standard InChI is InChI=1S/C18H12O8/c1-23-17(21)25-11-7-8-12(26-18(22)24-2)14-13(11)15(19)9-5-3-4-6-10(9)16(14)20/h3-8H,1-2H3. The molecule has 1 aliphatic rings. The van der Waals surface area contributed by atoms with Crippen LogP contribution in [0.25, 0.3) is 0 Å². The van der Waals surface area contributed by atoms with Crippen LogP contribution in [-0.2, 0) is 9.47 Å². The summed E-state index contributed by atoms with van der Waals surface area (Å²) in [4.78, 5) is 48.7. The van der Waals surface area contributed by atoms with Crippen LogP contribution in [0.1, 0.15) is 31.8 Å². The fourth-order valence-electron chi connectivity index (χ4n) is 2.60. The Bertz CT molecular complexity index is 868. The Hall–Kier alpha value is -3.68. The zero-order chi connectivity index (χ0) is 18.8. The van der Waals surface area contributed by atoms with Gasteiger partial charge in [-0.05, 0) is 12.1 Å². The predicted molar refractivity (Wildman–Crippen MR) is 85.8 cm³/mol. The van der Waals surface area contributed by atoms with Crippen LogP contribution in [0.4, 0.5) is 9.59 Å². The summed E-state index contributed by atoms with van der Waals surface area (Å²) < 4.78 is 18.8. The lowest BCUT2D eigenvalue weighted by Crippen LogP contribution is -2.24. The molecule has 0 aromatic heterocycles. The monoisotopic (exact) mass is 356 g/mol. The number of ketones is 2. The van der Waals surface area contributed by atoms with Crippen molar-refractivity contribution in [3.05, 3.63) is 58.7 Å². The minimum atomic E-state index is -1.06. The minimum Gasteiger partial charge on any atom is -0.437 e. The molecule has 0 atom stereocenters. The first-order valence-electron chi connectivity index (χ1n) is 7.35. The second kappa shape index (κ2) is 6.67. The summed E-state index contributed by atoms with van der Waals surface area (Å²) >= 11 is 0. The average Bonchev–Trinajstić information content (AvgIpc) is 2.66. The van der Waals surface area contributed by atoms with E-state index >= 15 is 0 Å². The van der Waals surface area contributed by atoms with Crippen LogP contribution in [0, 0.1) is 0 Å². The van der Waals surface area contributed by atoms with Crippen molar-refractivity contribution in [1.82, 2.24) is 0 Å². The van der Waals surface area contributed by atoms with Gasteiger partial charge < -0.3 is 18.9 Å². The summed E-state index contributed by atoms with van der Waals surface area (Å²) in [5, 5.41) is 0. The topological polar surface area (TPSA) is 105 Å². The van der Waals surface area contributed by atoms with Gasteiger partial charge in [0, 0.05) is 11.1 Å². The fraction of sp³-hybridized carbons (Fsp3) is 0.111. The van der Waals surface area contributed by atoms with Crippen molar-refractivity contribution in [3.8, 4) is 11.5 Å². The quantitative estimate of drug-likeness (QED) is 0.510. The second-order valence-corrected chi connectivity index (χ2v) is 5.13. The van der Waals surface area contributed by atoms with Gasteiger partial charge in [-0.1, -0.05) is 24.3 Å². The summed E-state index contributed by atoms with van der Waals surface area (Å²) in [5.41, 5.74) is -0.0918. The second-order valence-electron chi connectivity index (χ2n) is 5.13. The van der Waals surface area contributed by atoms with Crippen LogP contribution in [0.5, 0.6) is 11.5 Å². The van der Waals surface area contributed by atoms with Gasteiger partial charge in [0.05, 0.1) is 25.3 Å². The molecule has 0 spiro atoms. The van der Waals surface area contributed by atoms with Gasteiger partial charge in [-0.25, -0.2) is 9.59 Å². The third kappa shape index (κ3) is 2.77. The molecule has 2 aromatic rings. The van der Waals surface area contributed by atoms with Crippen LogP contribution < -0.4 is 9.47 Å². The molecule has 0 unspecified atom stereocenters. The van der Waals surface area contributed by atoms with E-state index < -0.39 is 23.9 Å². The minimum absolute atomic E-state index is 0.148. The molecule has 0 radical (unpaired) electrons. The molecule has 26 heavy (non-hydrogen) atoms. The highest BCUT2D eigenvalue weighted by molar-refractivity contribution is 6.30. The van der Waals surface area contributed by atoms with Crippen molar-refractivity contribution >= 4 is 23.9 Å². The Morgan fingerprint density at radius 3 is 1.42 bits per heavy atom. The van der Waals surface area contributed by atoms with Gasteiger partial charge in [-0.2, -0.15) is 0 Å². The number of methoxy groups -OCH3 is 2. The Morgan fingerprint density at radius 1 is 0.692 bits per heavy atom. The lowest BCUT2D eigenvalue weighted by molar-refractivity contribution is 0.0961. The summed E-state index contributed by atoms with van der Waals surface area (Å²) in [6, 6.07) is 8.62. The van der Waals surface area contributed by atoms with Crippen molar-refractivity contribution < 1.29 is 38.1 Å². The molecule has 8 nitrogen and oxygen atoms in total. The number of fused-ring (bicyclic) bond motifs is 2. The fourth-order valence-corrected chi connectivity index (χ4v) is 2.60. The largest absolute Gasteiger partial charge is 0.513 e. The Labute approximate surface area is 147 Å². The zero-order valence-electron chi connectivity index (χ0n) is 13.7. The smallest absolute Gasteiger partial charge is 0.437 e. The first kappa shape index (κ1) is 17.2. The number of benzene rings is 2. The van der Waals surface area contributed by atoms with Gasteiger partial charge in [-0.3, -0.25) is 9.59 Å². The van der Waals surface area contributed by atoms with Gasteiger partial charge in [0.15, 0.2) is 11.6 Å². The van der Waals surface area contributed by atoms with E-state index in [9.17, 15) is 19.2 Å². The number of carbonyl (C=O) groups excluding carboxylic acids is 4. The SMILES string of the molecule is COC(=O)Oc1ccc(OC(=O)OC)c2c1C(=O)c1ccccc1C2=O. The predicted octanol–water partition coefficient (Wildman–Crippen LogP) is 2.75. The molecule has 0 heterocycles. The molecule has 1 aliphatic carbocycles. The van der Waals surface area contributed by atoms with Gasteiger partial charge in [0.1, 0.15) is 11.5 Å². The lowest BCUT2D eigenvalue weighted by Gasteiger charge is -2.21. The molecular weight excluding hydrogens is 344 g/mol. The maximum absolute atomic E-state index is 12.9. The number of hydrogen-bond acceptors (Lipinski definition) is 8. The lowest BCUT2D eigenvalue weighted by atomic mass is 9.83. The third-order valence-electron chi connectivity index (χ3n) is 3.72. The van der Waals surface area contributed by atoms with E-state index in [-0.39, 0.29) is 33.8 Å². The van der Waals surface area contributed by atoms with Gasteiger partial charge in [0.25, 0.3) is 0 Å². The molecule has 0 amide bonds. The highest BCUT2D eigenvalue weighted by atomic mass is 16.7. The number of rotatable bonds is 2. The van der Waals surface area contributed by atoms with Crippen LogP contribution >= 0.6 is 0 Å². The number of hydrogen-bond donors (Lipinski definition) is 0. The van der Waals surface area contributed by atoms with Crippen LogP contribution in [0.3, 0.4) is 0 Å². The molecular formula is C18H12O8. The highest BCUT2D eigenvalue weighted by Gasteiger charge is 2.36. The Kier molecular flexibility index (Phi) is 4.40. The summed E-state index contributed by atoms with van der Waals surface area (Å²) in [7, 11) is 2.21. The van der Waals surface area contributed by atoms with Crippen LogP contribution in [0.2, 0.25) is 0 Å². The molecule has 2 aromatic carbocycles. The van der Waals surface area contributed by atoms with Crippen molar-refractivity contribution in [2.75, 3.05) is 14.2 Å². The maximum atomic E-state index is 12.9. The van der Waals surface area contributed by atoms with E-state index in [4.69, 9.17) is 9.47 Å². The normalized spacial score (nSPS) is 11.9. The molecule has 132 valence electrons. The van der Waals surface area contributed by atoms with E-state index in [0.29, 0.717) is 0 Å². The zero-order valence-corrected chi connectivity index (χ0v) is 13.7. The van der Waals surface area contributed by atoms with Gasteiger partial charge in [-0.15, -0.1) is 0 Å². The molecule has 0 saturated heterocycles. The van der Waals surface area contributed by atoms with Gasteiger partial charge in [0.2, 0.25) is 0 Å². The molecule has 0 saturated carbocycles. The molecule has 0 N–H and O–H groups in total. The van der Waals surface area contributed by atoms with E-state index in [1.165, 1.54) is 24.3 Å². The van der Waals surface area contributed by atoms with E-state index in [1.807, 2.05) is 0 Å². The van der Waals surface area contributed by atoms with E-state index in [1.54, 1.807) is 12.1 Å². The van der Waals surface area contributed by atoms with Crippen molar-refractivity contribution in [1.29, 1.82) is 0 Å².